The first kappa shape index (κ1) is 13.6. The third kappa shape index (κ3) is 3.82. The van der Waals surface area contributed by atoms with Crippen molar-refractivity contribution in [1.82, 2.24) is 4.90 Å². The minimum absolute atomic E-state index is 0.580. The molecule has 1 unspecified atom stereocenters. The minimum atomic E-state index is 0.580. The molecule has 0 amide bonds. The molecule has 2 rings (SSSR count). The Morgan fingerprint density at radius 1 is 1.22 bits per heavy atom. The Kier molecular flexibility index (Phi) is 5.21. The van der Waals surface area contributed by atoms with Gasteiger partial charge in [0, 0.05) is 6.54 Å². The fourth-order valence-electron chi connectivity index (χ4n) is 2.79. The first-order chi connectivity index (χ1) is 8.79. The van der Waals surface area contributed by atoms with Crippen LogP contribution in [0.1, 0.15) is 49.7 Å². The van der Waals surface area contributed by atoms with Crippen LogP contribution in [0.3, 0.4) is 0 Å². The van der Waals surface area contributed by atoms with Gasteiger partial charge in [-0.2, -0.15) is 0 Å². The maximum Gasteiger partial charge on any atom is 0.0233 e. The van der Waals surface area contributed by atoms with E-state index in [0.717, 1.165) is 19.5 Å². The molecule has 2 N–H and O–H groups in total. The lowest BCUT2D eigenvalue weighted by molar-refractivity contribution is 0.221. The Morgan fingerprint density at radius 2 is 2.00 bits per heavy atom. The van der Waals surface area contributed by atoms with Crippen LogP contribution in [-0.4, -0.2) is 24.5 Å². The molecule has 1 aromatic carbocycles. The molecule has 2 nitrogen and oxygen atoms in total. The number of rotatable bonds is 5. The summed E-state index contributed by atoms with van der Waals surface area (Å²) in [7, 11) is 0. The first-order valence-corrected chi connectivity index (χ1v) is 7.31. The second-order valence-corrected chi connectivity index (χ2v) is 5.56. The molecule has 1 aromatic rings. The number of hydrogen-bond acceptors (Lipinski definition) is 2. The third-order valence-electron chi connectivity index (χ3n) is 3.97. The number of hydrogen-bond donors (Lipinski definition) is 1. The Hall–Kier alpha value is -0.860. The molecule has 100 valence electrons. The number of likely N-dealkylation sites (tertiary alicyclic amines) is 1. The lowest BCUT2D eigenvalue weighted by Gasteiger charge is -2.26. The summed E-state index contributed by atoms with van der Waals surface area (Å²) in [4.78, 5) is 2.58. The van der Waals surface area contributed by atoms with Crippen molar-refractivity contribution in [2.24, 2.45) is 5.73 Å². The van der Waals surface area contributed by atoms with Gasteiger partial charge in [-0.25, -0.2) is 0 Å². The van der Waals surface area contributed by atoms with Gasteiger partial charge in [-0.3, -0.25) is 4.90 Å². The average molecular weight is 246 g/mol. The highest BCUT2D eigenvalue weighted by molar-refractivity contribution is 5.26. The van der Waals surface area contributed by atoms with E-state index in [9.17, 15) is 0 Å². The highest BCUT2D eigenvalue weighted by Crippen LogP contribution is 2.21. The van der Waals surface area contributed by atoms with Gasteiger partial charge in [0.25, 0.3) is 0 Å². The lowest BCUT2D eigenvalue weighted by atomic mass is 9.96. The van der Waals surface area contributed by atoms with Crippen molar-refractivity contribution < 1.29 is 0 Å². The molecular formula is C16H26N2. The SMILES string of the molecule is CC(CCN)c1cccc(CN2CCCCC2)c1. The summed E-state index contributed by atoms with van der Waals surface area (Å²) in [5.41, 5.74) is 8.54. The van der Waals surface area contributed by atoms with Crippen molar-refractivity contribution in [3.05, 3.63) is 35.4 Å². The summed E-state index contributed by atoms with van der Waals surface area (Å²) in [6, 6.07) is 9.06. The van der Waals surface area contributed by atoms with E-state index in [1.54, 1.807) is 0 Å². The second kappa shape index (κ2) is 6.91. The van der Waals surface area contributed by atoms with Gasteiger partial charge >= 0.3 is 0 Å². The summed E-state index contributed by atoms with van der Waals surface area (Å²) < 4.78 is 0. The molecule has 1 saturated heterocycles. The van der Waals surface area contributed by atoms with Crippen LogP contribution in [0.4, 0.5) is 0 Å². The maximum atomic E-state index is 5.65. The van der Waals surface area contributed by atoms with Crippen LogP contribution in [0.15, 0.2) is 24.3 Å². The lowest BCUT2D eigenvalue weighted by Crippen LogP contribution is -2.29. The summed E-state index contributed by atoms with van der Waals surface area (Å²) in [6.07, 6.45) is 5.21. The maximum absolute atomic E-state index is 5.65. The standard InChI is InChI=1S/C16H26N2/c1-14(8-9-17)16-7-5-6-15(12-16)13-18-10-3-2-4-11-18/h5-7,12,14H,2-4,8-11,13,17H2,1H3. The molecule has 0 radical (unpaired) electrons. The van der Waals surface area contributed by atoms with Crippen LogP contribution in [0.25, 0.3) is 0 Å². The molecule has 0 saturated carbocycles. The molecule has 0 aromatic heterocycles. The van der Waals surface area contributed by atoms with E-state index in [2.05, 4.69) is 36.1 Å². The van der Waals surface area contributed by atoms with Gasteiger partial charge in [-0.05, 0) is 55.9 Å². The van der Waals surface area contributed by atoms with Gasteiger partial charge in [0.1, 0.15) is 0 Å². The van der Waals surface area contributed by atoms with Gasteiger partial charge in [0.05, 0.1) is 0 Å². The normalized spacial score (nSPS) is 18.8. The second-order valence-electron chi connectivity index (χ2n) is 5.56. The van der Waals surface area contributed by atoms with Crippen molar-refractivity contribution in [2.75, 3.05) is 19.6 Å². The van der Waals surface area contributed by atoms with E-state index in [-0.39, 0.29) is 0 Å². The number of nitrogens with two attached hydrogens (primary N) is 1. The van der Waals surface area contributed by atoms with Crippen molar-refractivity contribution >= 4 is 0 Å². The van der Waals surface area contributed by atoms with Crippen LogP contribution in [0.5, 0.6) is 0 Å². The predicted octanol–water partition coefficient (Wildman–Crippen LogP) is 3.12. The topological polar surface area (TPSA) is 29.3 Å². The van der Waals surface area contributed by atoms with Crippen LogP contribution in [0.2, 0.25) is 0 Å². The van der Waals surface area contributed by atoms with Gasteiger partial charge in [-0.1, -0.05) is 37.6 Å². The molecule has 1 aliphatic rings. The van der Waals surface area contributed by atoms with Crippen LogP contribution < -0.4 is 5.73 Å². The van der Waals surface area contributed by atoms with E-state index in [1.807, 2.05) is 0 Å². The van der Waals surface area contributed by atoms with Crippen molar-refractivity contribution in [2.45, 2.75) is 45.1 Å². The van der Waals surface area contributed by atoms with Gasteiger partial charge < -0.3 is 5.73 Å². The summed E-state index contributed by atoms with van der Waals surface area (Å²) in [6.45, 7) is 6.69. The zero-order chi connectivity index (χ0) is 12.8. The molecule has 1 aliphatic heterocycles. The fraction of sp³-hybridized carbons (Fsp3) is 0.625. The fourth-order valence-corrected chi connectivity index (χ4v) is 2.79. The van der Waals surface area contributed by atoms with Crippen LogP contribution in [0, 0.1) is 0 Å². The molecule has 1 heterocycles. The van der Waals surface area contributed by atoms with E-state index in [4.69, 9.17) is 5.73 Å². The Balaban J connectivity index is 1.97. The first-order valence-electron chi connectivity index (χ1n) is 7.31. The van der Waals surface area contributed by atoms with E-state index >= 15 is 0 Å². The molecular weight excluding hydrogens is 220 g/mol. The van der Waals surface area contributed by atoms with Crippen LogP contribution >= 0.6 is 0 Å². The quantitative estimate of drug-likeness (QED) is 0.865. The smallest absolute Gasteiger partial charge is 0.0233 e. The predicted molar refractivity (Wildman–Crippen MR) is 77.7 cm³/mol. The van der Waals surface area contributed by atoms with Gasteiger partial charge in [0.2, 0.25) is 0 Å². The van der Waals surface area contributed by atoms with Crippen molar-refractivity contribution in [3.63, 3.8) is 0 Å². The highest BCUT2D eigenvalue weighted by atomic mass is 15.1. The molecule has 1 fully saturated rings. The Labute approximate surface area is 111 Å². The number of piperidine rings is 1. The summed E-state index contributed by atoms with van der Waals surface area (Å²) in [5.74, 6) is 0.580. The third-order valence-corrected chi connectivity index (χ3v) is 3.97. The summed E-state index contributed by atoms with van der Waals surface area (Å²) in [5, 5.41) is 0. The largest absolute Gasteiger partial charge is 0.330 e. The Bertz CT molecular complexity index is 356. The van der Waals surface area contributed by atoms with E-state index in [1.165, 1.54) is 43.5 Å². The Morgan fingerprint density at radius 3 is 2.72 bits per heavy atom. The molecule has 0 bridgehead atoms. The van der Waals surface area contributed by atoms with Crippen LogP contribution in [-0.2, 0) is 6.54 Å². The zero-order valence-corrected chi connectivity index (χ0v) is 11.6. The van der Waals surface area contributed by atoms with E-state index in [0.29, 0.717) is 5.92 Å². The average Bonchev–Trinajstić information content (AvgIpc) is 2.40. The highest BCUT2D eigenvalue weighted by Gasteiger charge is 2.11. The monoisotopic (exact) mass is 246 g/mol. The summed E-state index contributed by atoms with van der Waals surface area (Å²) >= 11 is 0. The number of nitrogens with zero attached hydrogens (tertiary/aromatic N) is 1. The van der Waals surface area contributed by atoms with Crippen molar-refractivity contribution in [3.8, 4) is 0 Å². The van der Waals surface area contributed by atoms with E-state index < -0.39 is 0 Å². The van der Waals surface area contributed by atoms with Crippen molar-refractivity contribution in [1.29, 1.82) is 0 Å². The molecule has 18 heavy (non-hydrogen) atoms. The molecule has 1 atom stereocenters. The van der Waals surface area contributed by atoms with Gasteiger partial charge in [0.15, 0.2) is 0 Å². The van der Waals surface area contributed by atoms with Gasteiger partial charge in [-0.15, -0.1) is 0 Å². The molecule has 0 aliphatic carbocycles. The molecule has 2 heteroatoms. The number of benzene rings is 1. The molecule has 0 spiro atoms. The zero-order valence-electron chi connectivity index (χ0n) is 11.6. The minimum Gasteiger partial charge on any atom is -0.330 e.